The molecule has 0 fully saturated rings. The van der Waals surface area contributed by atoms with Crippen molar-refractivity contribution in [3.05, 3.63) is 33.5 Å². The first-order chi connectivity index (χ1) is 14.2. The third-order valence-corrected chi connectivity index (χ3v) is 6.51. The monoisotopic (exact) mass is 433 g/mol. The van der Waals surface area contributed by atoms with Crippen LogP contribution >= 0.6 is 11.3 Å². The van der Waals surface area contributed by atoms with Crippen molar-refractivity contribution in [1.82, 2.24) is 9.78 Å². The van der Waals surface area contributed by atoms with E-state index in [1.165, 1.54) is 24.5 Å². The molecule has 2 heterocycles. The standard InChI is InChI=1S/C21H27N3O5S/c1-6-28-21(27)17-14-8-7-11(2)9-16(14)30-19(17)23-18(25)13(4)29-20(26)15-10-22-24(5)12(15)3/h10-11,13H,6-9H2,1-5H3,(H,23,25)/t11-,13-/m0/s1. The van der Waals surface area contributed by atoms with Crippen LogP contribution in [-0.4, -0.2) is 40.3 Å². The highest BCUT2D eigenvalue weighted by Gasteiger charge is 2.30. The molecule has 30 heavy (non-hydrogen) atoms. The van der Waals surface area contributed by atoms with Crippen LogP contribution in [0, 0.1) is 12.8 Å². The zero-order valence-corrected chi connectivity index (χ0v) is 18.7. The number of aryl methyl sites for hydroxylation is 1. The summed E-state index contributed by atoms with van der Waals surface area (Å²) < 4.78 is 12.1. The molecule has 0 bridgehead atoms. The number of anilines is 1. The Morgan fingerprint density at radius 1 is 1.37 bits per heavy atom. The first-order valence-corrected chi connectivity index (χ1v) is 10.9. The number of amides is 1. The number of thiophene rings is 1. The Balaban J connectivity index is 1.77. The van der Waals surface area contributed by atoms with Gasteiger partial charge in [-0.2, -0.15) is 5.10 Å². The zero-order chi connectivity index (χ0) is 22.0. The van der Waals surface area contributed by atoms with Gasteiger partial charge in [-0.1, -0.05) is 6.92 Å². The quantitative estimate of drug-likeness (QED) is 0.702. The van der Waals surface area contributed by atoms with Crippen molar-refractivity contribution >= 4 is 34.2 Å². The third kappa shape index (κ3) is 4.40. The lowest BCUT2D eigenvalue weighted by Gasteiger charge is -2.18. The van der Waals surface area contributed by atoms with Gasteiger partial charge in [-0.25, -0.2) is 9.59 Å². The van der Waals surface area contributed by atoms with Gasteiger partial charge in [0.25, 0.3) is 5.91 Å². The van der Waals surface area contributed by atoms with Crippen LogP contribution in [0.5, 0.6) is 0 Å². The molecule has 2 aromatic heterocycles. The van der Waals surface area contributed by atoms with Gasteiger partial charge in [-0.3, -0.25) is 9.48 Å². The van der Waals surface area contributed by atoms with Gasteiger partial charge in [0, 0.05) is 17.6 Å². The van der Waals surface area contributed by atoms with Crippen molar-refractivity contribution in [3.63, 3.8) is 0 Å². The molecule has 9 heteroatoms. The van der Waals surface area contributed by atoms with Gasteiger partial charge in [-0.05, 0) is 51.5 Å². The number of ether oxygens (including phenoxy) is 2. The Bertz CT molecular complexity index is 978. The fraction of sp³-hybridized carbons (Fsp3) is 0.524. The Morgan fingerprint density at radius 2 is 2.10 bits per heavy atom. The fourth-order valence-electron chi connectivity index (χ4n) is 3.45. The molecule has 0 spiro atoms. The Labute approximate surface area is 179 Å². The minimum atomic E-state index is -1.04. The summed E-state index contributed by atoms with van der Waals surface area (Å²) in [6.45, 7) is 7.42. The zero-order valence-electron chi connectivity index (χ0n) is 17.9. The average Bonchev–Trinajstić information content (AvgIpc) is 3.21. The van der Waals surface area contributed by atoms with Gasteiger partial charge in [-0.15, -0.1) is 11.3 Å². The minimum Gasteiger partial charge on any atom is -0.462 e. The SMILES string of the molecule is CCOC(=O)c1c(NC(=O)[C@H](C)OC(=O)c2cnn(C)c2C)sc2c1CC[C@H](C)C2. The minimum absolute atomic E-state index is 0.256. The van der Waals surface area contributed by atoms with Gasteiger partial charge in [0.05, 0.1) is 18.4 Å². The second-order valence-electron chi connectivity index (χ2n) is 7.58. The number of rotatable bonds is 6. The van der Waals surface area contributed by atoms with Crippen LogP contribution in [-0.2, 0) is 34.2 Å². The highest BCUT2D eigenvalue weighted by atomic mass is 32.1. The number of nitrogens with zero attached hydrogens (tertiary/aromatic N) is 2. The maximum absolute atomic E-state index is 12.7. The molecule has 8 nitrogen and oxygen atoms in total. The van der Waals surface area contributed by atoms with E-state index in [9.17, 15) is 14.4 Å². The van der Waals surface area contributed by atoms with Gasteiger partial charge in [0.15, 0.2) is 6.10 Å². The number of nitrogens with one attached hydrogen (secondary N) is 1. The molecule has 162 valence electrons. The first-order valence-electron chi connectivity index (χ1n) is 10.0. The van der Waals surface area contributed by atoms with Crippen molar-refractivity contribution in [2.75, 3.05) is 11.9 Å². The largest absolute Gasteiger partial charge is 0.462 e. The van der Waals surface area contributed by atoms with E-state index in [0.717, 1.165) is 29.7 Å². The molecule has 2 atom stereocenters. The predicted molar refractivity (Wildman–Crippen MR) is 113 cm³/mol. The molecule has 1 N–H and O–H groups in total. The van der Waals surface area contributed by atoms with Gasteiger partial charge < -0.3 is 14.8 Å². The molecular weight excluding hydrogens is 406 g/mol. The van der Waals surface area contributed by atoms with Crippen LogP contribution in [0.15, 0.2) is 6.20 Å². The van der Waals surface area contributed by atoms with Gasteiger partial charge >= 0.3 is 11.9 Å². The maximum Gasteiger partial charge on any atom is 0.342 e. The lowest BCUT2D eigenvalue weighted by molar-refractivity contribution is -0.123. The number of hydrogen-bond acceptors (Lipinski definition) is 7. The molecule has 1 aliphatic rings. The summed E-state index contributed by atoms with van der Waals surface area (Å²) in [5.41, 5.74) is 2.35. The summed E-state index contributed by atoms with van der Waals surface area (Å²) in [6.07, 6.45) is 3.01. The molecule has 0 unspecified atom stereocenters. The van der Waals surface area contributed by atoms with Crippen LogP contribution in [0.2, 0.25) is 0 Å². The number of aromatic nitrogens is 2. The van der Waals surface area contributed by atoms with Crippen molar-refractivity contribution < 1.29 is 23.9 Å². The topological polar surface area (TPSA) is 99.5 Å². The van der Waals surface area contributed by atoms with E-state index in [-0.39, 0.29) is 6.61 Å². The van der Waals surface area contributed by atoms with Crippen LogP contribution in [0.25, 0.3) is 0 Å². The highest BCUT2D eigenvalue weighted by molar-refractivity contribution is 7.17. The van der Waals surface area contributed by atoms with Gasteiger partial charge in [0.1, 0.15) is 10.6 Å². The van der Waals surface area contributed by atoms with E-state index in [4.69, 9.17) is 9.47 Å². The third-order valence-electron chi connectivity index (χ3n) is 5.34. The van der Waals surface area contributed by atoms with Crippen molar-refractivity contribution in [3.8, 4) is 0 Å². The van der Waals surface area contributed by atoms with E-state index in [1.807, 2.05) is 0 Å². The van der Waals surface area contributed by atoms with E-state index >= 15 is 0 Å². The van der Waals surface area contributed by atoms with E-state index in [0.29, 0.717) is 27.7 Å². The summed E-state index contributed by atoms with van der Waals surface area (Å²) in [5.74, 6) is -1.02. The molecule has 1 amide bonds. The predicted octanol–water partition coefficient (Wildman–Crippen LogP) is 3.28. The maximum atomic E-state index is 12.7. The van der Waals surface area contributed by atoms with E-state index < -0.39 is 23.9 Å². The molecule has 0 saturated heterocycles. The second kappa shape index (κ2) is 8.99. The first kappa shape index (κ1) is 22.0. The smallest absolute Gasteiger partial charge is 0.342 e. The Morgan fingerprint density at radius 3 is 2.73 bits per heavy atom. The van der Waals surface area contributed by atoms with Crippen molar-refractivity contribution in [1.29, 1.82) is 0 Å². The summed E-state index contributed by atoms with van der Waals surface area (Å²) in [4.78, 5) is 38.8. The summed E-state index contributed by atoms with van der Waals surface area (Å²) >= 11 is 1.40. The molecule has 0 saturated carbocycles. The highest BCUT2D eigenvalue weighted by Crippen LogP contribution is 2.40. The fourth-order valence-corrected chi connectivity index (χ4v) is 4.85. The summed E-state index contributed by atoms with van der Waals surface area (Å²) in [5, 5.41) is 7.25. The Kier molecular flexibility index (Phi) is 6.60. The molecule has 2 aromatic rings. The molecule has 0 radical (unpaired) electrons. The summed E-state index contributed by atoms with van der Waals surface area (Å²) in [7, 11) is 1.72. The molecule has 0 aromatic carbocycles. The van der Waals surface area contributed by atoms with Crippen molar-refractivity contribution in [2.45, 2.75) is 53.1 Å². The lowest BCUT2D eigenvalue weighted by Crippen LogP contribution is -2.30. The molecule has 3 rings (SSSR count). The normalized spacial score (nSPS) is 16.5. The van der Waals surface area contributed by atoms with E-state index in [2.05, 4.69) is 17.3 Å². The number of esters is 2. The summed E-state index contributed by atoms with van der Waals surface area (Å²) in [6, 6.07) is 0. The molecular formula is C21H27N3O5S. The second-order valence-corrected chi connectivity index (χ2v) is 8.69. The van der Waals surface area contributed by atoms with Crippen LogP contribution < -0.4 is 5.32 Å². The van der Waals surface area contributed by atoms with Crippen LogP contribution in [0.4, 0.5) is 5.00 Å². The molecule has 1 aliphatic carbocycles. The van der Waals surface area contributed by atoms with Gasteiger partial charge in [0.2, 0.25) is 0 Å². The number of fused-ring (bicyclic) bond motifs is 1. The molecule has 0 aliphatic heterocycles. The average molecular weight is 434 g/mol. The number of carbonyl (C=O) groups is 3. The van der Waals surface area contributed by atoms with Crippen molar-refractivity contribution in [2.24, 2.45) is 13.0 Å². The lowest BCUT2D eigenvalue weighted by atomic mass is 9.88. The van der Waals surface area contributed by atoms with Crippen LogP contribution in [0.3, 0.4) is 0 Å². The van der Waals surface area contributed by atoms with Crippen LogP contribution in [0.1, 0.15) is 64.0 Å². The number of hydrogen-bond donors (Lipinski definition) is 1. The Hall–Kier alpha value is -2.68. The number of carbonyl (C=O) groups excluding carboxylic acids is 3. The van der Waals surface area contributed by atoms with E-state index in [1.54, 1.807) is 25.6 Å².